The fourth-order valence-corrected chi connectivity index (χ4v) is 4.36. The number of benzene rings is 1. The molecular formula is C13H15N3Se. The van der Waals surface area contributed by atoms with E-state index in [1.165, 1.54) is 31.4 Å². The second-order valence-electron chi connectivity index (χ2n) is 5.28. The van der Waals surface area contributed by atoms with Gasteiger partial charge in [-0.05, 0) is 0 Å². The summed E-state index contributed by atoms with van der Waals surface area (Å²) in [5.74, 6) is 1.95. The standard InChI is InChI=1S/C13H15N3Se/c1-3-8-7-9(8)10(4-1)14-11-5-2-6-12-13(11)16-17-15-12/h2,5-6,8-10,14H,1,3-4,7H2/t8-,9+,10?/m0/s1. The molecule has 0 aromatic heterocycles. The first-order valence-corrected chi connectivity index (χ1v) is 7.93. The van der Waals surface area contributed by atoms with Crippen LogP contribution in [-0.4, -0.2) is 20.6 Å². The van der Waals surface area contributed by atoms with Crippen molar-refractivity contribution in [3.8, 4) is 0 Å². The molecule has 2 aliphatic carbocycles. The van der Waals surface area contributed by atoms with Gasteiger partial charge in [-0.25, -0.2) is 0 Å². The molecule has 2 fully saturated rings. The monoisotopic (exact) mass is 293 g/mol. The van der Waals surface area contributed by atoms with Crippen molar-refractivity contribution >= 4 is 31.6 Å². The molecule has 1 N–H and O–H groups in total. The summed E-state index contributed by atoms with van der Waals surface area (Å²) >= 11 is 0.0782. The first-order valence-electron chi connectivity index (χ1n) is 6.39. The first kappa shape index (κ1) is 10.1. The molecule has 1 unspecified atom stereocenters. The van der Waals surface area contributed by atoms with Gasteiger partial charge in [0, 0.05) is 0 Å². The fraction of sp³-hybridized carbons (Fsp3) is 0.538. The molecule has 17 heavy (non-hydrogen) atoms. The second kappa shape index (κ2) is 3.82. The topological polar surface area (TPSA) is 36.8 Å². The van der Waals surface area contributed by atoms with Crippen LogP contribution in [-0.2, 0) is 0 Å². The molecule has 88 valence electrons. The molecular weight excluding hydrogens is 277 g/mol. The Morgan fingerprint density at radius 3 is 3.24 bits per heavy atom. The van der Waals surface area contributed by atoms with Crippen LogP contribution in [0.1, 0.15) is 25.7 Å². The Morgan fingerprint density at radius 2 is 2.24 bits per heavy atom. The molecule has 0 amide bonds. The van der Waals surface area contributed by atoms with Crippen LogP contribution in [0.5, 0.6) is 0 Å². The maximum absolute atomic E-state index is 4.54. The van der Waals surface area contributed by atoms with Crippen molar-refractivity contribution < 1.29 is 0 Å². The van der Waals surface area contributed by atoms with Crippen molar-refractivity contribution in [3.05, 3.63) is 18.2 Å². The van der Waals surface area contributed by atoms with Gasteiger partial charge in [0.2, 0.25) is 0 Å². The Labute approximate surface area is 107 Å². The van der Waals surface area contributed by atoms with Crippen LogP contribution in [0.25, 0.3) is 0 Å². The SMILES string of the molecule is c1cc2c(c(NC3CCC[C@H]4C[C@@H]34)c1)N=[Se]=N2. The number of fused-ring (bicyclic) bond motifs is 2. The molecule has 0 spiro atoms. The maximum atomic E-state index is 4.54. The van der Waals surface area contributed by atoms with Crippen LogP contribution < -0.4 is 5.32 Å². The van der Waals surface area contributed by atoms with Gasteiger partial charge in [-0.1, -0.05) is 0 Å². The molecule has 4 heteroatoms. The molecule has 1 heterocycles. The van der Waals surface area contributed by atoms with E-state index in [-0.39, 0.29) is 14.6 Å². The Bertz CT molecular complexity index is 533. The molecule has 3 aliphatic rings. The molecule has 1 aromatic carbocycles. The zero-order valence-electron chi connectivity index (χ0n) is 9.60. The number of hydrogen-bond acceptors (Lipinski definition) is 3. The molecule has 0 bridgehead atoms. The summed E-state index contributed by atoms with van der Waals surface area (Å²) < 4.78 is 8.97. The van der Waals surface area contributed by atoms with Crippen LogP contribution in [0, 0.1) is 11.8 Å². The number of rotatable bonds is 2. The zero-order chi connectivity index (χ0) is 11.2. The van der Waals surface area contributed by atoms with Crippen molar-refractivity contribution in [2.24, 2.45) is 19.8 Å². The molecule has 3 nitrogen and oxygen atoms in total. The van der Waals surface area contributed by atoms with Crippen LogP contribution >= 0.6 is 0 Å². The molecule has 2 saturated carbocycles. The summed E-state index contributed by atoms with van der Waals surface area (Å²) in [4.78, 5) is 0. The van der Waals surface area contributed by atoms with Crippen LogP contribution in [0.3, 0.4) is 0 Å². The van der Waals surface area contributed by atoms with Gasteiger partial charge in [0.25, 0.3) is 0 Å². The third-order valence-corrected chi connectivity index (χ3v) is 5.35. The average molecular weight is 292 g/mol. The van der Waals surface area contributed by atoms with Gasteiger partial charge in [0.1, 0.15) is 0 Å². The molecule has 0 radical (unpaired) electrons. The van der Waals surface area contributed by atoms with Crippen LogP contribution in [0.4, 0.5) is 17.1 Å². The van der Waals surface area contributed by atoms with Crippen molar-refractivity contribution in [1.82, 2.24) is 0 Å². The Morgan fingerprint density at radius 1 is 1.24 bits per heavy atom. The normalized spacial score (nSPS) is 32.6. The second-order valence-corrected chi connectivity index (χ2v) is 6.39. The first-order chi connectivity index (χ1) is 8.42. The van der Waals surface area contributed by atoms with Crippen molar-refractivity contribution in [2.45, 2.75) is 31.7 Å². The minimum absolute atomic E-state index is 0.0782. The summed E-state index contributed by atoms with van der Waals surface area (Å²) in [5.41, 5.74) is 3.40. The average Bonchev–Trinajstić information content (AvgIpc) is 2.99. The van der Waals surface area contributed by atoms with Gasteiger partial charge >= 0.3 is 107 Å². The minimum atomic E-state index is 0.0782. The van der Waals surface area contributed by atoms with Crippen molar-refractivity contribution in [3.63, 3.8) is 0 Å². The van der Waals surface area contributed by atoms with E-state index in [0.29, 0.717) is 6.04 Å². The van der Waals surface area contributed by atoms with Crippen molar-refractivity contribution in [2.75, 3.05) is 5.32 Å². The number of nitrogens with one attached hydrogen (secondary N) is 1. The van der Waals surface area contributed by atoms with E-state index in [2.05, 4.69) is 31.4 Å². The predicted molar refractivity (Wildman–Crippen MR) is 69.2 cm³/mol. The predicted octanol–water partition coefficient (Wildman–Crippen LogP) is 3.64. The fourth-order valence-electron chi connectivity index (χ4n) is 3.21. The van der Waals surface area contributed by atoms with E-state index >= 15 is 0 Å². The van der Waals surface area contributed by atoms with Gasteiger partial charge in [0.15, 0.2) is 0 Å². The number of anilines is 1. The quantitative estimate of drug-likeness (QED) is 0.843. The summed E-state index contributed by atoms with van der Waals surface area (Å²) in [6.45, 7) is 0. The van der Waals surface area contributed by atoms with Gasteiger partial charge in [0.05, 0.1) is 0 Å². The Balaban J connectivity index is 1.60. The third kappa shape index (κ3) is 1.71. The number of hydrogen-bond donors (Lipinski definition) is 1. The van der Waals surface area contributed by atoms with Gasteiger partial charge in [-0.2, -0.15) is 0 Å². The van der Waals surface area contributed by atoms with E-state index < -0.39 is 0 Å². The van der Waals surface area contributed by atoms with E-state index in [0.717, 1.165) is 23.2 Å². The van der Waals surface area contributed by atoms with Gasteiger partial charge in [-0.3, -0.25) is 0 Å². The summed E-state index contributed by atoms with van der Waals surface area (Å²) in [6.07, 6.45) is 5.61. The molecule has 1 aliphatic heterocycles. The van der Waals surface area contributed by atoms with Crippen LogP contribution in [0.15, 0.2) is 26.1 Å². The van der Waals surface area contributed by atoms with E-state index in [1.54, 1.807) is 0 Å². The summed E-state index contributed by atoms with van der Waals surface area (Å²) in [7, 11) is 0. The molecule has 1 aromatic rings. The Hall–Kier alpha value is -0.861. The van der Waals surface area contributed by atoms with E-state index in [1.807, 2.05) is 0 Å². The zero-order valence-corrected chi connectivity index (χ0v) is 11.3. The molecule has 0 saturated heterocycles. The van der Waals surface area contributed by atoms with Crippen LogP contribution in [0.2, 0.25) is 0 Å². The van der Waals surface area contributed by atoms with Crippen molar-refractivity contribution in [1.29, 1.82) is 0 Å². The summed E-state index contributed by atoms with van der Waals surface area (Å²) in [5, 5.41) is 3.73. The van der Waals surface area contributed by atoms with Gasteiger partial charge < -0.3 is 0 Å². The van der Waals surface area contributed by atoms with E-state index in [4.69, 9.17) is 0 Å². The Kier molecular flexibility index (Phi) is 2.27. The number of nitrogens with zero attached hydrogens (tertiary/aromatic N) is 2. The molecule has 3 atom stereocenters. The molecule has 4 rings (SSSR count). The van der Waals surface area contributed by atoms with E-state index in [9.17, 15) is 0 Å². The third-order valence-electron chi connectivity index (χ3n) is 4.21. The van der Waals surface area contributed by atoms with Gasteiger partial charge in [-0.15, -0.1) is 0 Å². The summed E-state index contributed by atoms with van der Waals surface area (Å²) in [6, 6.07) is 7.00.